The molecule has 2 N–H and O–H groups in total. The predicted octanol–water partition coefficient (Wildman–Crippen LogP) is 2.46. The van der Waals surface area contributed by atoms with E-state index in [-0.39, 0.29) is 5.91 Å². The zero-order chi connectivity index (χ0) is 20.3. The first-order valence-electron chi connectivity index (χ1n) is 9.79. The van der Waals surface area contributed by atoms with E-state index < -0.39 is 0 Å². The van der Waals surface area contributed by atoms with Crippen LogP contribution in [0.3, 0.4) is 0 Å². The second kappa shape index (κ2) is 8.76. The van der Waals surface area contributed by atoms with Crippen molar-refractivity contribution in [2.75, 3.05) is 37.9 Å². The number of thiophene rings is 1. The van der Waals surface area contributed by atoms with E-state index in [2.05, 4.69) is 47.5 Å². The van der Waals surface area contributed by atoms with Gasteiger partial charge in [-0.05, 0) is 42.9 Å². The zero-order valence-electron chi connectivity index (χ0n) is 17.1. The van der Waals surface area contributed by atoms with E-state index in [0.29, 0.717) is 18.0 Å². The van der Waals surface area contributed by atoms with Crippen LogP contribution in [0.2, 0.25) is 0 Å². The van der Waals surface area contributed by atoms with Crippen molar-refractivity contribution in [1.29, 1.82) is 5.26 Å². The molecule has 1 aromatic heterocycles. The highest BCUT2D eigenvalue weighted by atomic mass is 32.1. The van der Waals surface area contributed by atoms with Gasteiger partial charge in [-0.15, -0.1) is 11.3 Å². The number of amides is 1. The second-order valence-electron chi connectivity index (χ2n) is 8.09. The van der Waals surface area contributed by atoms with Gasteiger partial charge >= 0.3 is 0 Å². The maximum Gasteiger partial charge on any atom is 0.280 e. The van der Waals surface area contributed by atoms with Crippen LogP contribution in [0.5, 0.6) is 0 Å². The highest BCUT2D eigenvalue weighted by Gasteiger charge is 2.25. The molecule has 6 heteroatoms. The summed E-state index contributed by atoms with van der Waals surface area (Å²) in [7, 11) is 6.07. The van der Waals surface area contributed by atoms with Crippen molar-refractivity contribution >= 4 is 27.9 Å². The Morgan fingerprint density at radius 3 is 2.71 bits per heavy atom. The summed E-state index contributed by atoms with van der Waals surface area (Å²) < 4.78 is 0. The first-order valence-corrected chi connectivity index (χ1v) is 10.6. The maximum absolute atomic E-state index is 12.6. The molecule has 0 fully saturated rings. The smallest absolute Gasteiger partial charge is 0.280 e. The van der Waals surface area contributed by atoms with E-state index in [1.165, 1.54) is 16.1 Å². The maximum atomic E-state index is 12.6. The Kier molecular flexibility index (Phi) is 6.38. The van der Waals surface area contributed by atoms with E-state index in [4.69, 9.17) is 0 Å². The summed E-state index contributed by atoms with van der Waals surface area (Å²) in [6, 6.07) is 10.7. The number of benzene rings is 1. The highest BCUT2D eigenvalue weighted by Crippen LogP contribution is 2.39. The Morgan fingerprint density at radius 2 is 2.07 bits per heavy atom. The Labute approximate surface area is 171 Å². The number of hydrogen-bond acceptors (Lipinski definition) is 4. The molecular formula is C22H29N4OS+. The molecule has 3 rings (SSSR count). The molecule has 2 aromatic rings. The van der Waals surface area contributed by atoms with Gasteiger partial charge in [0.15, 0.2) is 6.54 Å². The third-order valence-electron chi connectivity index (χ3n) is 5.30. The Balaban J connectivity index is 1.60. The standard InChI is InChI=1S/C22H28N4OS/c1-15-5-10-18-19(12-23)22(28-20(18)11-15)24-21(27)14-26(4)13-16-6-8-17(9-7-16)25(2)3/h6-9,15H,5,10-11,13-14H2,1-4H3,(H,24,27)/p+1/t15-/m0/s1. The average Bonchev–Trinajstić information content (AvgIpc) is 2.97. The van der Waals surface area contributed by atoms with Crippen molar-refractivity contribution in [1.82, 2.24) is 0 Å². The van der Waals surface area contributed by atoms with Crippen molar-refractivity contribution < 1.29 is 9.69 Å². The minimum atomic E-state index is -0.0365. The number of hydrogen-bond donors (Lipinski definition) is 2. The van der Waals surface area contributed by atoms with Crippen molar-refractivity contribution in [2.24, 2.45) is 5.92 Å². The number of anilines is 2. The largest absolute Gasteiger partial charge is 0.378 e. The summed E-state index contributed by atoms with van der Waals surface area (Å²) in [5.41, 5.74) is 4.20. The van der Waals surface area contributed by atoms with E-state index in [0.717, 1.165) is 41.3 Å². The lowest BCUT2D eigenvalue weighted by Crippen LogP contribution is -3.08. The Morgan fingerprint density at radius 1 is 1.36 bits per heavy atom. The van der Waals surface area contributed by atoms with Gasteiger partial charge in [0.25, 0.3) is 5.91 Å². The molecule has 0 radical (unpaired) electrons. The molecule has 1 aromatic carbocycles. The molecule has 1 heterocycles. The number of carbonyl (C=O) groups excluding carboxylic acids is 1. The predicted molar refractivity (Wildman–Crippen MR) is 115 cm³/mol. The Bertz CT molecular complexity index is 879. The van der Waals surface area contributed by atoms with Crippen molar-refractivity contribution in [2.45, 2.75) is 32.7 Å². The van der Waals surface area contributed by atoms with Crippen LogP contribution in [0.1, 0.15) is 34.9 Å². The summed E-state index contributed by atoms with van der Waals surface area (Å²) in [4.78, 5) is 17.0. The summed E-state index contributed by atoms with van der Waals surface area (Å²) >= 11 is 1.59. The molecule has 1 aliphatic rings. The SMILES string of the molecule is C[C@H]1CCc2c(sc(NC(=O)C[NH+](C)Cc3ccc(N(C)C)cc3)c2C#N)C1. The van der Waals surface area contributed by atoms with Gasteiger partial charge in [0.2, 0.25) is 0 Å². The van der Waals surface area contributed by atoms with Crippen molar-refractivity contribution in [3.8, 4) is 6.07 Å². The molecule has 0 saturated heterocycles. The van der Waals surface area contributed by atoms with Crippen LogP contribution in [0, 0.1) is 17.2 Å². The third-order valence-corrected chi connectivity index (χ3v) is 6.47. The van der Waals surface area contributed by atoms with Crippen LogP contribution in [-0.2, 0) is 24.2 Å². The molecule has 1 aliphatic carbocycles. The number of nitrogens with one attached hydrogen (secondary N) is 2. The van der Waals surface area contributed by atoms with E-state index >= 15 is 0 Å². The van der Waals surface area contributed by atoms with Gasteiger partial charge < -0.3 is 15.1 Å². The van der Waals surface area contributed by atoms with Gasteiger partial charge in [-0.1, -0.05) is 19.1 Å². The lowest BCUT2D eigenvalue weighted by Gasteiger charge is -2.17. The summed E-state index contributed by atoms with van der Waals surface area (Å²) in [5, 5.41) is 13.3. The van der Waals surface area contributed by atoms with Gasteiger partial charge in [-0.2, -0.15) is 5.26 Å². The third kappa shape index (κ3) is 4.73. The molecule has 2 atom stereocenters. The van der Waals surface area contributed by atoms with Gasteiger partial charge in [-0.3, -0.25) is 4.79 Å². The highest BCUT2D eigenvalue weighted by molar-refractivity contribution is 7.16. The second-order valence-corrected chi connectivity index (χ2v) is 9.19. The summed E-state index contributed by atoms with van der Waals surface area (Å²) in [6.45, 7) is 3.40. The molecule has 1 amide bonds. The molecular weight excluding hydrogens is 368 g/mol. The number of nitrogens with zero attached hydrogens (tertiary/aromatic N) is 2. The molecule has 0 aliphatic heterocycles. The number of likely N-dealkylation sites (N-methyl/N-ethyl adjacent to an activating group) is 1. The summed E-state index contributed by atoms with van der Waals surface area (Å²) in [6.07, 6.45) is 3.07. The minimum Gasteiger partial charge on any atom is -0.378 e. The monoisotopic (exact) mass is 397 g/mol. The van der Waals surface area contributed by atoms with Crippen LogP contribution in [0.4, 0.5) is 10.7 Å². The van der Waals surface area contributed by atoms with Crippen molar-refractivity contribution in [3.05, 3.63) is 45.8 Å². The van der Waals surface area contributed by atoms with Crippen molar-refractivity contribution in [3.63, 3.8) is 0 Å². The molecule has 0 bridgehead atoms. The average molecular weight is 398 g/mol. The number of nitriles is 1. The molecule has 148 valence electrons. The quantitative estimate of drug-likeness (QED) is 0.787. The van der Waals surface area contributed by atoms with E-state index in [1.54, 1.807) is 11.3 Å². The van der Waals surface area contributed by atoms with Crippen LogP contribution in [-0.4, -0.2) is 33.6 Å². The normalized spacial score (nSPS) is 16.8. The molecule has 1 unspecified atom stereocenters. The number of fused-ring (bicyclic) bond motifs is 1. The molecule has 0 spiro atoms. The topological polar surface area (TPSA) is 60.6 Å². The fourth-order valence-electron chi connectivity index (χ4n) is 3.72. The van der Waals surface area contributed by atoms with Gasteiger partial charge in [0.1, 0.15) is 17.6 Å². The van der Waals surface area contributed by atoms with Gasteiger partial charge in [-0.25, -0.2) is 0 Å². The lowest BCUT2D eigenvalue weighted by atomic mass is 9.89. The lowest BCUT2D eigenvalue weighted by molar-refractivity contribution is -0.885. The number of quaternary nitrogens is 1. The fraction of sp³-hybridized carbons (Fsp3) is 0.455. The Hall–Kier alpha value is -2.36. The van der Waals surface area contributed by atoms with Crippen LogP contribution in [0.25, 0.3) is 0 Å². The first-order chi connectivity index (χ1) is 13.4. The number of carbonyl (C=O) groups is 1. The summed E-state index contributed by atoms with van der Waals surface area (Å²) in [5.74, 6) is 0.612. The van der Waals surface area contributed by atoms with Gasteiger partial charge in [0.05, 0.1) is 12.6 Å². The van der Waals surface area contributed by atoms with E-state index in [9.17, 15) is 10.1 Å². The first kappa shape index (κ1) is 20.4. The van der Waals surface area contributed by atoms with Crippen LogP contribution in [0.15, 0.2) is 24.3 Å². The molecule has 5 nitrogen and oxygen atoms in total. The van der Waals surface area contributed by atoms with Crippen LogP contribution < -0.4 is 15.1 Å². The van der Waals surface area contributed by atoms with Crippen LogP contribution >= 0.6 is 11.3 Å². The van der Waals surface area contributed by atoms with Gasteiger partial charge in [0, 0.05) is 30.2 Å². The fourth-order valence-corrected chi connectivity index (χ4v) is 5.10. The molecule has 28 heavy (non-hydrogen) atoms. The minimum absolute atomic E-state index is 0.0365. The zero-order valence-corrected chi connectivity index (χ0v) is 17.9. The molecule has 0 saturated carbocycles. The van der Waals surface area contributed by atoms with E-state index in [1.807, 2.05) is 21.1 Å². The number of rotatable bonds is 6.